The highest BCUT2D eigenvalue weighted by atomic mass is 35.5. The highest BCUT2D eigenvalue weighted by molar-refractivity contribution is 6.42. The van der Waals surface area contributed by atoms with Gasteiger partial charge in [-0.25, -0.2) is 5.43 Å². The van der Waals surface area contributed by atoms with Crippen molar-refractivity contribution >= 4 is 46.2 Å². The lowest BCUT2D eigenvalue weighted by molar-refractivity contribution is -0.394. The molecule has 0 aliphatic rings. The third-order valence-electron chi connectivity index (χ3n) is 3.25. The molecule has 0 fully saturated rings. The molecule has 0 aromatic heterocycles. The zero-order valence-electron chi connectivity index (χ0n) is 13.1. The largest absolute Gasteiger partial charge is 0.277 e. The van der Waals surface area contributed by atoms with Gasteiger partial charge < -0.3 is 0 Å². The number of halogens is 2. The van der Waals surface area contributed by atoms with E-state index in [1.807, 2.05) is 0 Å². The van der Waals surface area contributed by atoms with Crippen LogP contribution in [0.1, 0.15) is 22.8 Å². The average molecular weight is 397 g/mol. The number of carbonyl (C=O) groups excluding carboxylic acids is 1. The van der Waals surface area contributed by atoms with Crippen molar-refractivity contribution in [2.24, 2.45) is 5.10 Å². The second-order valence-corrected chi connectivity index (χ2v) is 5.83. The second kappa shape index (κ2) is 7.89. The van der Waals surface area contributed by atoms with Crippen molar-refractivity contribution in [2.75, 3.05) is 0 Å². The number of carbonyl (C=O) groups is 1. The lowest BCUT2D eigenvalue weighted by Gasteiger charge is -2.05. The van der Waals surface area contributed by atoms with E-state index in [9.17, 15) is 25.0 Å². The second-order valence-electron chi connectivity index (χ2n) is 5.02. The maximum Gasteiger partial charge on any atom is 0.277 e. The maximum atomic E-state index is 12.1. The summed E-state index contributed by atoms with van der Waals surface area (Å²) in [6, 6.07) is 7.36. The molecule has 0 bridgehead atoms. The molecule has 0 saturated carbocycles. The molecule has 0 aliphatic heterocycles. The van der Waals surface area contributed by atoms with Gasteiger partial charge in [0.05, 0.1) is 37.2 Å². The number of nitro groups is 2. The maximum absolute atomic E-state index is 12.1. The van der Waals surface area contributed by atoms with Crippen molar-refractivity contribution < 1.29 is 14.6 Å². The number of amides is 1. The molecule has 0 saturated heterocycles. The number of hydrogen-bond donors (Lipinski definition) is 1. The minimum Gasteiger partial charge on any atom is -0.267 e. The Balaban J connectivity index is 2.27. The number of hydrazone groups is 1. The van der Waals surface area contributed by atoms with Gasteiger partial charge in [-0.2, -0.15) is 5.10 Å². The number of nitrogens with zero attached hydrogens (tertiary/aromatic N) is 3. The van der Waals surface area contributed by atoms with Crippen LogP contribution < -0.4 is 5.43 Å². The molecule has 0 heterocycles. The van der Waals surface area contributed by atoms with E-state index in [4.69, 9.17) is 23.2 Å². The lowest BCUT2D eigenvalue weighted by Crippen LogP contribution is -2.19. The summed E-state index contributed by atoms with van der Waals surface area (Å²) < 4.78 is 0. The first-order chi connectivity index (χ1) is 12.2. The van der Waals surface area contributed by atoms with Crippen molar-refractivity contribution in [1.29, 1.82) is 0 Å². The predicted octanol–water partition coefficient (Wildman–Crippen LogP) is 3.96. The summed E-state index contributed by atoms with van der Waals surface area (Å²) in [6.45, 7) is 1.59. The van der Waals surface area contributed by atoms with Crippen LogP contribution in [-0.2, 0) is 0 Å². The fraction of sp³-hybridized carbons (Fsp3) is 0.0667. The van der Waals surface area contributed by atoms with Crippen LogP contribution >= 0.6 is 23.2 Å². The molecule has 26 heavy (non-hydrogen) atoms. The molecule has 2 rings (SSSR count). The molecular weight excluding hydrogens is 387 g/mol. The van der Waals surface area contributed by atoms with Gasteiger partial charge in [0.15, 0.2) is 0 Å². The van der Waals surface area contributed by atoms with Crippen LogP contribution in [0.15, 0.2) is 41.5 Å². The topological polar surface area (TPSA) is 128 Å². The summed E-state index contributed by atoms with van der Waals surface area (Å²) in [7, 11) is 0. The van der Waals surface area contributed by atoms with Crippen molar-refractivity contribution in [3.05, 3.63) is 77.8 Å². The summed E-state index contributed by atoms with van der Waals surface area (Å²) >= 11 is 11.7. The zero-order chi connectivity index (χ0) is 19.4. The summed E-state index contributed by atoms with van der Waals surface area (Å²) in [4.78, 5) is 32.2. The molecule has 0 atom stereocenters. The molecule has 134 valence electrons. The molecule has 1 amide bonds. The molecule has 0 unspecified atom stereocenters. The smallest absolute Gasteiger partial charge is 0.267 e. The lowest BCUT2D eigenvalue weighted by atomic mass is 10.1. The number of benzene rings is 2. The highest BCUT2D eigenvalue weighted by Crippen LogP contribution is 2.24. The SMILES string of the molecule is CC(=NNC(=O)c1cc([N+](=O)[O-])cc([N+](=O)[O-])c1)c1ccc(Cl)c(Cl)c1. The Labute approximate surface area is 156 Å². The van der Waals surface area contributed by atoms with E-state index in [1.54, 1.807) is 25.1 Å². The molecule has 0 spiro atoms. The molecule has 9 nitrogen and oxygen atoms in total. The van der Waals surface area contributed by atoms with Crippen molar-refractivity contribution in [3.63, 3.8) is 0 Å². The van der Waals surface area contributed by atoms with Crippen molar-refractivity contribution in [3.8, 4) is 0 Å². The number of rotatable bonds is 5. The Bertz CT molecular complexity index is 913. The zero-order valence-corrected chi connectivity index (χ0v) is 14.6. The van der Waals surface area contributed by atoms with Gasteiger partial charge in [-0.15, -0.1) is 0 Å². The fourth-order valence-electron chi connectivity index (χ4n) is 1.92. The third kappa shape index (κ3) is 4.52. The Morgan fingerprint density at radius 1 is 0.962 bits per heavy atom. The molecule has 0 radical (unpaired) electrons. The number of hydrogen-bond acceptors (Lipinski definition) is 6. The number of non-ortho nitro benzene ring substituents is 2. The molecule has 1 N–H and O–H groups in total. The molecule has 0 aliphatic carbocycles. The first-order valence-electron chi connectivity index (χ1n) is 6.93. The van der Waals surface area contributed by atoms with Crippen LogP contribution in [-0.4, -0.2) is 21.5 Å². The average Bonchev–Trinajstić information content (AvgIpc) is 2.61. The van der Waals surface area contributed by atoms with Gasteiger partial charge in [0.25, 0.3) is 17.3 Å². The normalized spacial score (nSPS) is 11.1. The summed E-state index contributed by atoms with van der Waals surface area (Å²) in [5.74, 6) is -0.837. The van der Waals surface area contributed by atoms with E-state index in [-0.39, 0.29) is 5.56 Å². The van der Waals surface area contributed by atoms with Gasteiger partial charge in [0.1, 0.15) is 0 Å². The Kier molecular flexibility index (Phi) is 5.86. The van der Waals surface area contributed by atoms with Crippen LogP contribution in [0.25, 0.3) is 0 Å². The minimum absolute atomic E-state index is 0.267. The van der Waals surface area contributed by atoms with Gasteiger partial charge in [-0.1, -0.05) is 29.3 Å². The van der Waals surface area contributed by atoms with E-state index < -0.39 is 27.1 Å². The quantitative estimate of drug-likeness (QED) is 0.464. The first-order valence-corrected chi connectivity index (χ1v) is 7.68. The van der Waals surface area contributed by atoms with E-state index in [2.05, 4.69) is 10.5 Å². The molecule has 2 aromatic rings. The monoisotopic (exact) mass is 396 g/mol. The van der Waals surface area contributed by atoms with Crippen molar-refractivity contribution in [2.45, 2.75) is 6.92 Å². The molecular formula is C15H10Cl2N4O5. The fourth-order valence-corrected chi connectivity index (χ4v) is 2.22. The van der Waals surface area contributed by atoms with Gasteiger partial charge in [-0.3, -0.25) is 25.0 Å². The first kappa shape index (κ1) is 19.3. The highest BCUT2D eigenvalue weighted by Gasteiger charge is 2.19. The third-order valence-corrected chi connectivity index (χ3v) is 3.99. The van der Waals surface area contributed by atoms with Gasteiger partial charge >= 0.3 is 0 Å². The van der Waals surface area contributed by atoms with Crippen LogP contribution in [0.2, 0.25) is 10.0 Å². The van der Waals surface area contributed by atoms with Crippen LogP contribution in [0.5, 0.6) is 0 Å². The summed E-state index contributed by atoms with van der Waals surface area (Å²) in [5, 5.41) is 26.3. The molecule has 11 heteroatoms. The van der Waals surface area contributed by atoms with Crippen molar-refractivity contribution in [1.82, 2.24) is 5.43 Å². The Morgan fingerprint density at radius 2 is 1.54 bits per heavy atom. The minimum atomic E-state index is -0.837. The summed E-state index contributed by atoms with van der Waals surface area (Å²) in [5.41, 5.74) is 1.75. The number of nitro benzene ring substituents is 2. The Morgan fingerprint density at radius 3 is 2.04 bits per heavy atom. The van der Waals surface area contributed by atoms with E-state index in [0.29, 0.717) is 21.3 Å². The summed E-state index contributed by atoms with van der Waals surface area (Å²) in [6.07, 6.45) is 0. The molecule has 2 aromatic carbocycles. The Hall–Kier alpha value is -3.04. The number of nitrogens with one attached hydrogen (secondary N) is 1. The van der Waals surface area contributed by atoms with Gasteiger partial charge in [0, 0.05) is 12.1 Å². The van der Waals surface area contributed by atoms with Gasteiger partial charge in [-0.05, 0) is 24.6 Å². The van der Waals surface area contributed by atoms with E-state index in [0.717, 1.165) is 18.2 Å². The van der Waals surface area contributed by atoms with Crippen LogP contribution in [0, 0.1) is 20.2 Å². The van der Waals surface area contributed by atoms with E-state index in [1.165, 1.54) is 0 Å². The van der Waals surface area contributed by atoms with Crippen LogP contribution in [0.3, 0.4) is 0 Å². The standard InChI is InChI=1S/C15H10Cl2N4O5/c1-8(9-2-3-13(16)14(17)6-9)18-19-15(22)10-4-11(20(23)24)7-12(5-10)21(25)26/h2-7H,1H3,(H,19,22). The predicted molar refractivity (Wildman–Crippen MR) is 95.9 cm³/mol. The van der Waals surface area contributed by atoms with Crippen LogP contribution in [0.4, 0.5) is 11.4 Å². The van der Waals surface area contributed by atoms with Gasteiger partial charge in [0.2, 0.25) is 0 Å². The van der Waals surface area contributed by atoms with E-state index >= 15 is 0 Å².